The standard InChI is InChI=1S/C28H42O5/c1-16-11-12-27(4)19(13-16)14-23(33-18(3)29)26-21-9-8-20(17(2)7-10-25(31)32-6)28(21,5)24(30)15-22(26)27/h15-17,19-21,23,26H,7-14H2,1-6H3/t16-,17-,19+,20-,21?,23-,26?,27+,28-/m1/s1. The van der Waals surface area contributed by atoms with Gasteiger partial charge in [0.1, 0.15) is 6.10 Å². The first kappa shape index (κ1) is 24.5. The number of ether oxygens (including phenoxy) is 2. The fourth-order valence-corrected chi connectivity index (χ4v) is 8.40. The quantitative estimate of drug-likeness (QED) is 0.508. The van der Waals surface area contributed by atoms with Crippen LogP contribution in [-0.4, -0.2) is 30.9 Å². The van der Waals surface area contributed by atoms with Gasteiger partial charge in [-0.1, -0.05) is 33.3 Å². The number of carbonyl (C=O) groups is 3. The number of fused-ring (bicyclic) bond motifs is 5. The summed E-state index contributed by atoms with van der Waals surface area (Å²) in [5.41, 5.74) is 0.833. The molecule has 0 aromatic carbocycles. The molecule has 184 valence electrons. The molecule has 0 saturated heterocycles. The third-order valence-corrected chi connectivity index (χ3v) is 10.3. The normalized spacial score (nSPS) is 43.0. The van der Waals surface area contributed by atoms with Crippen LogP contribution in [0.25, 0.3) is 0 Å². The first-order chi connectivity index (χ1) is 15.5. The number of methoxy groups -OCH3 is 1. The lowest BCUT2D eigenvalue weighted by atomic mass is 9.47. The first-order valence-corrected chi connectivity index (χ1v) is 13.0. The topological polar surface area (TPSA) is 69.7 Å². The van der Waals surface area contributed by atoms with Gasteiger partial charge in [-0.25, -0.2) is 0 Å². The average molecular weight is 459 g/mol. The van der Waals surface area contributed by atoms with Crippen molar-refractivity contribution in [3.05, 3.63) is 11.6 Å². The Balaban J connectivity index is 1.70. The van der Waals surface area contributed by atoms with Gasteiger partial charge in [-0.2, -0.15) is 0 Å². The van der Waals surface area contributed by atoms with E-state index in [4.69, 9.17) is 9.47 Å². The Kier molecular flexibility index (Phi) is 6.56. The molecule has 0 spiro atoms. The van der Waals surface area contributed by atoms with Crippen LogP contribution in [0.5, 0.6) is 0 Å². The van der Waals surface area contributed by atoms with Gasteiger partial charge in [0.15, 0.2) is 5.78 Å². The molecule has 0 amide bonds. The Bertz CT molecular complexity index is 845. The summed E-state index contributed by atoms with van der Waals surface area (Å²) in [5.74, 6) is 1.79. The predicted octanol–water partition coefficient (Wildman–Crippen LogP) is 5.51. The molecule has 0 radical (unpaired) electrons. The molecule has 5 nitrogen and oxygen atoms in total. The summed E-state index contributed by atoms with van der Waals surface area (Å²) < 4.78 is 10.9. The van der Waals surface area contributed by atoms with E-state index in [2.05, 4.69) is 27.7 Å². The van der Waals surface area contributed by atoms with Gasteiger partial charge < -0.3 is 9.47 Å². The van der Waals surface area contributed by atoms with Crippen LogP contribution in [0, 0.1) is 46.3 Å². The van der Waals surface area contributed by atoms with Crippen molar-refractivity contribution in [2.24, 2.45) is 46.3 Å². The summed E-state index contributed by atoms with van der Waals surface area (Å²) in [7, 11) is 1.43. The van der Waals surface area contributed by atoms with Gasteiger partial charge in [-0.3, -0.25) is 14.4 Å². The van der Waals surface area contributed by atoms with Crippen molar-refractivity contribution in [2.75, 3.05) is 7.11 Å². The lowest BCUT2D eigenvalue weighted by molar-refractivity contribution is -0.159. The van der Waals surface area contributed by atoms with Gasteiger partial charge in [0.2, 0.25) is 0 Å². The van der Waals surface area contributed by atoms with E-state index in [0.717, 1.165) is 38.5 Å². The van der Waals surface area contributed by atoms with E-state index in [1.54, 1.807) is 0 Å². The van der Waals surface area contributed by atoms with Crippen LogP contribution in [0.1, 0.15) is 86.0 Å². The smallest absolute Gasteiger partial charge is 0.305 e. The van der Waals surface area contributed by atoms with Crippen molar-refractivity contribution in [1.29, 1.82) is 0 Å². The van der Waals surface area contributed by atoms with Crippen molar-refractivity contribution in [1.82, 2.24) is 0 Å². The van der Waals surface area contributed by atoms with E-state index in [1.807, 2.05) is 6.08 Å². The maximum absolute atomic E-state index is 13.9. The van der Waals surface area contributed by atoms with Crippen LogP contribution >= 0.6 is 0 Å². The van der Waals surface area contributed by atoms with Crippen molar-refractivity contribution in [2.45, 2.75) is 92.1 Å². The molecular formula is C28H42O5. The molecule has 0 N–H and O–H groups in total. The summed E-state index contributed by atoms with van der Waals surface area (Å²) in [6.45, 7) is 10.5. The minimum atomic E-state index is -0.465. The summed E-state index contributed by atoms with van der Waals surface area (Å²) in [4.78, 5) is 37.8. The second-order valence-corrected chi connectivity index (χ2v) is 12.0. The molecule has 0 aromatic rings. The molecule has 0 bridgehead atoms. The zero-order valence-corrected chi connectivity index (χ0v) is 21.3. The Hall–Kier alpha value is -1.65. The number of rotatable bonds is 5. The van der Waals surface area contributed by atoms with Crippen LogP contribution in [0.2, 0.25) is 0 Å². The fourth-order valence-electron chi connectivity index (χ4n) is 8.40. The largest absolute Gasteiger partial charge is 0.469 e. The number of esters is 2. The molecule has 33 heavy (non-hydrogen) atoms. The summed E-state index contributed by atoms with van der Waals surface area (Å²) in [6, 6.07) is 0. The molecule has 4 aliphatic rings. The third kappa shape index (κ3) is 3.97. The Morgan fingerprint density at radius 2 is 1.91 bits per heavy atom. The van der Waals surface area contributed by atoms with Crippen molar-refractivity contribution < 1.29 is 23.9 Å². The molecule has 9 atom stereocenters. The molecular weight excluding hydrogens is 416 g/mol. The lowest BCUT2D eigenvalue weighted by Crippen LogP contribution is -2.56. The second-order valence-electron chi connectivity index (χ2n) is 12.0. The molecule has 0 aliphatic heterocycles. The van der Waals surface area contributed by atoms with Crippen LogP contribution in [0.15, 0.2) is 11.6 Å². The van der Waals surface area contributed by atoms with E-state index in [0.29, 0.717) is 18.3 Å². The Morgan fingerprint density at radius 3 is 2.58 bits per heavy atom. The highest BCUT2D eigenvalue weighted by Crippen LogP contribution is 2.66. The SMILES string of the molecule is COC(=O)CC[C@@H](C)[C@H]1CCC2C3C(=CC(=O)[C@@]21C)[C@@]1(C)CC[C@@H](C)C[C@H]1C[C@H]3OC(C)=O. The van der Waals surface area contributed by atoms with Gasteiger partial charge in [0, 0.05) is 24.7 Å². The van der Waals surface area contributed by atoms with Gasteiger partial charge in [-0.05, 0) is 86.0 Å². The molecule has 0 aromatic heterocycles. The summed E-state index contributed by atoms with van der Waals surface area (Å²) in [5, 5.41) is 0. The highest BCUT2D eigenvalue weighted by molar-refractivity contribution is 5.97. The van der Waals surface area contributed by atoms with Crippen LogP contribution in [0.4, 0.5) is 0 Å². The molecule has 4 aliphatic carbocycles. The number of hydrogen-bond acceptors (Lipinski definition) is 5. The van der Waals surface area contributed by atoms with E-state index >= 15 is 0 Å². The van der Waals surface area contributed by atoms with Gasteiger partial charge >= 0.3 is 11.9 Å². The third-order valence-electron chi connectivity index (χ3n) is 10.3. The van der Waals surface area contributed by atoms with Gasteiger partial charge in [-0.15, -0.1) is 0 Å². The molecule has 4 rings (SSSR count). The van der Waals surface area contributed by atoms with E-state index in [1.165, 1.54) is 26.0 Å². The fraction of sp³-hybridized carbons (Fsp3) is 0.821. The summed E-state index contributed by atoms with van der Waals surface area (Å²) in [6.07, 6.45) is 9.30. The maximum Gasteiger partial charge on any atom is 0.305 e. The lowest BCUT2D eigenvalue weighted by Gasteiger charge is -2.58. The molecule has 0 heterocycles. The minimum Gasteiger partial charge on any atom is -0.469 e. The Labute approximate surface area is 199 Å². The number of allylic oxidation sites excluding steroid dienone is 1. The van der Waals surface area contributed by atoms with Crippen LogP contribution < -0.4 is 0 Å². The average Bonchev–Trinajstić information content (AvgIpc) is 3.11. The molecule has 3 fully saturated rings. The van der Waals surface area contributed by atoms with Crippen LogP contribution in [0.3, 0.4) is 0 Å². The van der Waals surface area contributed by atoms with Gasteiger partial charge in [0.05, 0.1) is 7.11 Å². The van der Waals surface area contributed by atoms with Crippen LogP contribution in [-0.2, 0) is 23.9 Å². The number of carbonyl (C=O) groups excluding carboxylic acids is 3. The summed E-state index contributed by atoms with van der Waals surface area (Å²) >= 11 is 0. The van der Waals surface area contributed by atoms with Crippen molar-refractivity contribution in [3.63, 3.8) is 0 Å². The van der Waals surface area contributed by atoms with Gasteiger partial charge in [0.25, 0.3) is 0 Å². The highest BCUT2D eigenvalue weighted by Gasteiger charge is 2.63. The van der Waals surface area contributed by atoms with E-state index in [9.17, 15) is 14.4 Å². The predicted molar refractivity (Wildman–Crippen MR) is 126 cm³/mol. The molecule has 2 unspecified atom stereocenters. The van der Waals surface area contributed by atoms with Crippen molar-refractivity contribution in [3.8, 4) is 0 Å². The van der Waals surface area contributed by atoms with E-state index in [-0.39, 0.29) is 52.9 Å². The molecule has 5 heteroatoms. The first-order valence-electron chi connectivity index (χ1n) is 13.0. The number of ketones is 1. The number of hydrogen-bond donors (Lipinski definition) is 0. The van der Waals surface area contributed by atoms with Crippen molar-refractivity contribution >= 4 is 17.7 Å². The second kappa shape index (κ2) is 8.85. The highest BCUT2D eigenvalue weighted by atomic mass is 16.5. The Morgan fingerprint density at radius 1 is 1.18 bits per heavy atom. The monoisotopic (exact) mass is 458 g/mol. The molecule has 3 saturated carbocycles. The minimum absolute atomic E-state index is 0.0272. The zero-order chi connectivity index (χ0) is 24.1. The zero-order valence-electron chi connectivity index (χ0n) is 21.3. The van der Waals surface area contributed by atoms with E-state index < -0.39 is 5.41 Å². The maximum atomic E-state index is 13.9.